The quantitative estimate of drug-likeness (QED) is 0.509. The first-order chi connectivity index (χ1) is 8.33. The Morgan fingerprint density at radius 2 is 1.65 bits per heavy atom. The van der Waals surface area contributed by atoms with E-state index in [2.05, 4.69) is 30.2 Å². The highest BCUT2D eigenvalue weighted by molar-refractivity contribution is 7.80. The van der Waals surface area contributed by atoms with Gasteiger partial charge < -0.3 is 10.6 Å². The van der Waals surface area contributed by atoms with Gasteiger partial charge in [-0.2, -0.15) is 0 Å². The monoisotopic (exact) mass is 254 g/mol. The van der Waals surface area contributed by atoms with Gasteiger partial charge in [-0.3, -0.25) is 0 Å². The average Bonchev–Trinajstić information content (AvgIpc) is 2.38. The van der Waals surface area contributed by atoms with Gasteiger partial charge in [-0.1, -0.05) is 27.2 Å². The van der Waals surface area contributed by atoms with Crippen molar-refractivity contribution in [1.82, 2.24) is 5.32 Å². The number of unbranched alkanes of at least 4 members (excludes halogenated alkanes) is 1. The summed E-state index contributed by atoms with van der Waals surface area (Å²) < 4.78 is 0. The third kappa shape index (κ3) is 9.07. The molecule has 0 aliphatic rings. The van der Waals surface area contributed by atoms with Crippen molar-refractivity contribution >= 4 is 18.3 Å². The van der Waals surface area contributed by atoms with Gasteiger partial charge in [0.15, 0.2) is 0 Å². The second-order valence-electron chi connectivity index (χ2n) is 3.58. The van der Waals surface area contributed by atoms with Gasteiger partial charge in [-0.25, -0.2) is 0 Å². The molecule has 0 saturated carbocycles. The third-order valence-electron chi connectivity index (χ3n) is 2.21. The van der Waals surface area contributed by atoms with E-state index < -0.39 is 0 Å². The maximum Gasteiger partial charge on any atom is 0.0341 e. The second-order valence-corrected chi connectivity index (χ2v) is 4.09. The largest absolute Gasteiger partial charge is 0.384 e. The molecular weight excluding hydrogens is 228 g/mol. The molecule has 0 saturated heterocycles. The van der Waals surface area contributed by atoms with Gasteiger partial charge in [0, 0.05) is 23.7 Å². The molecule has 0 aliphatic carbocycles. The van der Waals surface area contributed by atoms with E-state index >= 15 is 0 Å². The van der Waals surface area contributed by atoms with Crippen LogP contribution in [0.15, 0.2) is 29.2 Å². The minimum absolute atomic E-state index is 0.968. The van der Waals surface area contributed by atoms with Crippen molar-refractivity contribution < 1.29 is 0 Å². The number of nitrogens with one attached hydrogen (secondary N) is 2. The zero-order valence-corrected chi connectivity index (χ0v) is 12.2. The maximum absolute atomic E-state index is 4.24. The highest BCUT2D eigenvalue weighted by Gasteiger charge is 1.91. The topological polar surface area (TPSA) is 24.1 Å². The van der Waals surface area contributed by atoms with Gasteiger partial charge >= 0.3 is 0 Å². The Morgan fingerprint density at radius 3 is 2.24 bits per heavy atom. The summed E-state index contributed by atoms with van der Waals surface area (Å²) in [6.45, 7) is 9.31. The molecule has 0 aromatic heterocycles. The molecule has 1 aromatic rings. The SMILES string of the molecule is CC.CCCCNCCNc1ccc(S)cc1. The first-order valence-electron chi connectivity index (χ1n) is 6.56. The Bertz CT molecular complexity index is 259. The number of rotatable bonds is 7. The Labute approximate surface area is 112 Å². The van der Waals surface area contributed by atoms with Gasteiger partial charge in [0.1, 0.15) is 0 Å². The van der Waals surface area contributed by atoms with Crippen molar-refractivity contribution in [1.29, 1.82) is 0 Å². The normalized spacial score (nSPS) is 9.41. The number of anilines is 1. The highest BCUT2D eigenvalue weighted by Crippen LogP contribution is 2.11. The molecule has 0 bridgehead atoms. The first-order valence-corrected chi connectivity index (χ1v) is 7.01. The molecule has 1 aromatic carbocycles. The summed E-state index contributed by atoms with van der Waals surface area (Å²) >= 11 is 4.24. The van der Waals surface area contributed by atoms with E-state index in [9.17, 15) is 0 Å². The lowest BCUT2D eigenvalue weighted by Gasteiger charge is -2.07. The van der Waals surface area contributed by atoms with Gasteiger partial charge in [0.05, 0.1) is 0 Å². The summed E-state index contributed by atoms with van der Waals surface area (Å²) in [5.74, 6) is 0. The van der Waals surface area contributed by atoms with Crippen LogP contribution in [0.3, 0.4) is 0 Å². The molecule has 3 heteroatoms. The summed E-state index contributed by atoms with van der Waals surface area (Å²) in [7, 11) is 0. The molecule has 2 nitrogen and oxygen atoms in total. The van der Waals surface area contributed by atoms with Crippen LogP contribution in [0, 0.1) is 0 Å². The lowest BCUT2D eigenvalue weighted by Crippen LogP contribution is -2.22. The molecule has 0 amide bonds. The molecule has 0 fully saturated rings. The average molecular weight is 254 g/mol. The molecule has 98 valence electrons. The minimum Gasteiger partial charge on any atom is -0.384 e. The summed E-state index contributed by atoms with van der Waals surface area (Å²) in [6, 6.07) is 8.09. The van der Waals surface area contributed by atoms with Gasteiger partial charge in [-0.05, 0) is 37.2 Å². The van der Waals surface area contributed by atoms with Crippen LogP contribution in [0.25, 0.3) is 0 Å². The van der Waals surface area contributed by atoms with E-state index in [0.717, 1.165) is 30.2 Å². The highest BCUT2D eigenvalue weighted by atomic mass is 32.1. The smallest absolute Gasteiger partial charge is 0.0341 e. The van der Waals surface area contributed by atoms with Crippen LogP contribution in [-0.4, -0.2) is 19.6 Å². The van der Waals surface area contributed by atoms with E-state index in [1.807, 2.05) is 38.1 Å². The number of thiol groups is 1. The van der Waals surface area contributed by atoms with Crippen LogP contribution < -0.4 is 10.6 Å². The minimum atomic E-state index is 0.968. The molecular formula is C14H26N2S. The van der Waals surface area contributed by atoms with Crippen LogP contribution in [0.5, 0.6) is 0 Å². The molecule has 1 rings (SSSR count). The molecule has 2 N–H and O–H groups in total. The summed E-state index contributed by atoms with van der Waals surface area (Å²) in [4.78, 5) is 1.00. The fourth-order valence-electron chi connectivity index (χ4n) is 1.30. The molecule has 0 atom stereocenters. The molecule has 0 spiro atoms. The fraction of sp³-hybridized carbons (Fsp3) is 0.571. The maximum atomic E-state index is 4.24. The zero-order chi connectivity index (χ0) is 12.9. The Balaban J connectivity index is 0.00000121. The lowest BCUT2D eigenvalue weighted by molar-refractivity contribution is 0.652. The van der Waals surface area contributed by atoms with Crippen molar-refractivity contribution in [2.45, 2.75) is 38.5 Å². The van der Waals surface area contributed by atoms with E-state index in [0.29, 0.717) is 0 Å². The summed E-state index contributed by atoms with van der Waals surface area (Å²) in [5.41, 5.74) is 1.16. The third-order valence-corrected chi connectivity index (χ3v) is 2.50. The van der Waals surface area contributed by atoms with E-state index in [-0.39, 0.29) is 0 Å². The molecule has 0 aliphatic heterocycles. The van der Waals surface area contributed by atoms with Crippen molar-refractivity contribution in [3.63, 3.8) is 0 Å². The van der Waals surface area contributed by atoms with Crippen LogP contribution in [0.2, 0.25) is 0 Å². The second kappa shape index (κ2) is 11.8. The fourth-order valence-corrected chi connectivity index (χ4v) is 1.45. The van der Waals surface area contributed by atoms with Crippen LogP contribution in [-0.2, 0) is 0 Å². The molecule has 17 heavy (non-hydrogen) atoms. The van der Waals surface area contributed by atoms with Crippen molar-refractivity contribution in [2.24, 2.45) is 0 Å². The Kier molecular flexibility index (Phi) is 11.3. The molecule has 0 radical (unpaired) electrons. The van der Waals surface area contributed by atoms with E-state index in [1.165, 1.54) is 12.8 Å². The predicted octanol–water partition coefficient (Wildman–Crippen LogP) is 3.80. The van der Waals surface area contributed by atoms with Gasteiger partial charge in [-0.15, -0.1) is 12.6 Å². The Hall–Kier alpha value is -0.670. The van der Waals surface area contributed by atoms with Crippen molar-refractivity contribution in [3.05, 3.63) is 24.3 Å². The van der Waals surface area contributed by atoms with Crippen LogP contribution in [0.4, 0.5) is 5.69 Å². The number of benzene rings is 1. The van der Waals surface area contributed by atoms with Crippen molar-refractivity contribution in [3.8, 4) is 0 Å². The summed E-state index contributed by atoms with van der Waals surface area (Å²) in [6.07, 6.45) is 2.51. The van der Waals surface area contributed by atoms with E-state index in [4.69, 9.17) is 0 Å². The summed E-state index contributed by atoms with van der Waals surface area (Å²) in [5, 5.41) is 6.74. The predicted molar refractivity (Wildman–Crippen MR) is 81.3 cm³/mol. The standard InChI is InChI=1S/C12H20N2S.C2H6/c1-2-3-8-13-9-10-14-11-4-6-12(15)7-5-11;1-2/h4-7,13-15H,2-3,8-10H2,1H3;1-2H3. The first kappa shape index (κ1) is 16.3. The molecule has 0 heterocycles. The van der Waals surface area contributed by atoms with Crippen LogP contribution in [0.1, 0.15) is 33.6 Å². The van der Waals surface area contributed by atoms with Crippen molar-refractivity contribution in [2.75, 3.05) is 25.0 Å². The zero-order valence-electron chi connectivity index (χ0n) is 11.3. The van der Waals surface area contributed by atoms with E-state index in [1.54, 1.807) is 0 Å². The van der Waals surface area contributed by atoms with Gasteiger partial charge in [0.2, 0.25) is 0 Å². The number of hydrogen-bond donors (Lipinski definition) is 3. The number of hydrogen-bond acceptors (Lipinski definition) is 3. The van der Waals surface area contributed by atoms with Gasteiger partial charge in [0.25, 0.3) is 0 Å². The van der Waals surface area contributed by atoms with Crippen LogP contribution >= 0.6 is 12.6 Å². The lowest BCUT2D eigenvalue weighted by atomic mass is 10.3. The Morgan fingerprint density at radius 1 is 1.00 bits per heavy atom. The molecule has 0 unspecified atom stereocenters.